The number of hydrogen-bond donors (Lipinski definition) is 0. The molecule has 20 heavy (non-hydrogen) atoms. The Morgan fingerprint density at radius 1 is 1.10 bits per heavy atom. The van der Waals surface area contributed by atoms with Gasteiger partial charge in [0.15, 0.2) is 0 Å². The second-order valence-electron chi connectivity index (χ2n) is 5.29. The first kappa shape index (κ1) is 13.0. The second kappa shape index (κ2) is 5.20. The quantitative estimate of drug-likeness (QED) is 0.803. The van der Waals surface area contributed by atoms with Gasteiger partial charge in [0.2, 0.25) is 0 Å². The van der Waals surface area contributed by atoms with Crippen LogP contribution < -0.4 is 0 Å². The van der Waals surface area contributed by atoms with E-state index >= 15 is 0 Å². The molecule has 0 saturated heterocycles. The Labute approximate surface area is 118 Å². The maximum absolute atomic E-state index is 13.5. The predicted octanol–water partition coefficient (Wildman–Crippen LogP) is 4.04. The Balaban J connectivity index is 2.22. The van der Waals surface area contributed by atoms with Crippen LogP contribution >= 0.6 is 0 Å². The lowest BCUT2D eigenvalue weighted by molar-refractivity contribution is -0.119. The zero-order valence-electron chi connectivity index (χ0n) is 11.5. The average molecular weight is 268 g/mol. The monoisotopic (exact) mass is 268 g/mol. The van der Waals surface area contributed by atoms with Crippen LogP contribution in [0.25, 0.3) is 0 Å². The molecular weight excluding hydrogens is 251 g/mol. The van der Waals surface area contributed by atoms with Crippen molar-refractivity contribution in [3.05, 3.63) is 70.5 Å². The van der Waals surface area contributed by atoms with Crippen molar-refractivity contribution in [2.75, 3.05) is 0 Å². The van der Waals surface area contributed by atoms with Gasteiger partial charge in [0.1, 0.15) is 11.6 Å². The Morgan fingerprint density at radius 2 is 1.80 bits per heavy atom. The fraction of sp³-hybridized carbons (Fsp3) is 0.278. The summed E-state index contributed by atoms with van der Waals surface area (Å²) in [5, 5.41) is 0. The predicted molar refractivity (Wildman–Crippen MR) is 77.4 cm³/mol. The third kappa shape index (κ3) is 2.15. The largest absolute Gasteiger partial charge is 0.299 e. The number of aryl methyl sites for hydroxylation is 2. The highest BCUT2D eigenvalue weighted by Crippen LogP contribution is 2.35. The van der Waals surface area contributed by atoms with Crippen molar-refractivity contribution in [2.45, 2.75) is 32.1 Å². The Kier molecular flexibility index (Phi) is 3.39. The number of Topliss-reactive ketones (excluding diaryl/α,β-unsaturated/α-hetero) is 1. The standard InChI is InChI=1S/C18H17FO/c1-2-17(20)18-15-6-4-3-5-12(15)7-8-13-11-14(19)9-10-16(13)18/h3-6,9-11,18H,2,7-8H2,1H3. The van der Waals surface area contributed by atoms with Gasteiger partial charge in [0, 0.05) is 6.42 Å². The second-order valence-corrected chi connectivity index (χ2v) is 5.29. The third-order valence-electron chi connectivity index (χ3n) is 4.12. The average Bonchev–Trinajstić information content (AvgIpc) is 2.63. The van der Waals surface area contributed by atoms with Crippen molar-refractivity contribution >= 4 is 5.78 Å². The van der Waals surface area contributed by atoms with Crippen LogP contribution in [-0.2, 0) is 17.6 Å². The number of halogens is 1. The minimum Gasteiger partial charge on any atom is -0.299 e. The zero-order chi connectivity index (χ0) is 14.1. The number of carbonyl (C=O) groups is 1. The zero-order valence-corrected chi connectivity index (χ0v) is 11.5. The molecule has 102 valence electrons. The summed E-state index contributed by atoms with van der Waals surface area (Å²) in [5.74, 6) is -0.265. The molecule has 1 aliphatic rings. The third-order valence-corrected chi connectivity index (χ3v) is 4.12. The molecule has 0 radical (unpaired) electrons. The normalized spacial score (nSPS) is 17.0. The van der Waals surface area contributed by atoms with Gasteiger partial charge in [0.05, 0.1) is 5.92 Å². The van der Waals surface area contributed by atoms with E-state index in [-0.39, 0.29) is 17.5 Å². The van der Waals surface area contributed by atoms with Gasteiger partial charge in [-0.25, -0.2) is 4.39 Å². The molecule has 2 aromatic rings. The molecule has 0 spiro atoms. The molecule has 2 heteroatoms. The molecule has 0 amide bonds. The van der Waals surface area contributed by atoms with Crippen LogP contribution in [0.1, 0.15) is 41.5 Å². The summed E-state index contributed by atoms with van der Waals surface area (Å²) in [5.41, 5.74) is 4.23. The first-order valence-corrected chi connectivity index (χ1v) is 7.09. The maximum atomic E-state index is 13.5. The molecule has 2 aromatic carbocycles. The summed E-state index contributed by atoms with van der Waals surface area (Å²) in [6.07, 6.45) is 2.15. The molecule has 0 aliphatic heterocycles. The number of benzene rings is 2. The molecule has 1 aliphatic carbocycles. The Hall–Kier alpha value is -1.96. The van der Waals surface area contributed by atoms with E-state index in [4.69, 9.17) is 0 Å². The summed E-state index contributed by atoms with van der Waals surface area (Å²) in [7, 11) is 0. The molecule has 0 bridgehead atoms. The van der Waals surface area contributed by atoms with E-state index in [2.05, 4.69) is 6.07 Å². The number of rotatable bonds is 2. The van der Waals surface area contributed by atoms with E-state index in [0.29, 0.717) is 6.42 Å². The number of fused-ring (bicyclic) bond motifs is 2. The van der Waals surface area contributed by atoms with E-state index in [0.717, 1.165) is 29.5 Å². The Morgan fingerprint density at radius 3 is 2.60 bits per heavy atom. The van der Waals surface area contributed by atoms with Crippen molar-refractivity contribution in [1.82, 2.24) is 0 Å². The smallest absolute Gasteiger partial charge is 0.144 e. The van der Waals surface area contributed by atoms with E-state index in [1.807, 2.05) is 25.1 Å². The minimum atomic E-state index is -0.241. The van der Waals surface area contributed by atoms with Crippen molar-refractivity contribution in [1.29, 1.82) is 0 Å². The lowest BCUT2D eigenvalue weighted by atomic mass is 9.84. The number of hydrogen-bond acceptors (Lipinski definition) is 1. The van der Waals surface area contributed by atoms with Crippen LogP contribution in [0.4, 0.5) is 4.39 Å². The molecule has 0 N–H and O–H groups in total. The van der Waals surface area contributed by atoms with Crippen molar-refractivity contribution in [3.8, 4) is 0 Å². The van der Waals surface area contributed by atoms with E-state index in [1.54, 1.807) is 12.1 Å². The van der Waals surface area contributed by atoms with E-state index in [1.165, 1.54) is 11.6 Å². The van der Waals surface area contributed by atoms with Crippen molar-refractivity contribution in [2.24, 2.45) is 0 Å². The van der Waals surface area contributed by atoms with Crippen LogP contribution in [0.2, 0.25) is 0 Å². The molecular formula is C18H17FO. The van der Waals surface area contributed by atoms with Gasteiger partial charge < -0.3 is 0 Å². The molecule has 1 nitrogen and oxygen atoms in total. The first-order chi connectivity index (χ1) is 9.70. The number of ketones is 1. The van der Waals surface area contributed by atoms with Crippen molar-refractivity contribution in [3.63, 3.8) is 0 Å². The molecule has 0 saturated carbocycles. The summed E-state index contributed by atoms with van der Waals surface area (Å²) in [6.45, 7) is 1.89. The Bertz CT molecular complexity index is 660. The molecule has 3 rings (SSSR count). The van der Waals surface area contributed by atoms with Gasteiger partial charge in [0.25, 0.3) is 0 Å². The van der Waals surface area contributed by atoms with Gasteiger partial charge in [-0.1, -0.05) is 37.3 Å². The lowest BCUT2D eigenvalue weighted by Crippen LogP contribution is -2.14. The summed E-state index contributed by atoms with van der Waals surface area (Å²) in [6, 6.07) is 12.9. The molecule has 1 unspecified atom stereocenters. The van der Waals surface area contributed by atoms with Crippen LogP contribution in [0.5, 0.6) is 0 Å². The minimum absolute atomic E-state index is 0.201. The van der Waals surface area contributed by atoms with Crippen LogP contribution in [-0.4, -0.2) is 5.78 Å². The fourth-order valence-electron chi connectivity index (χ4n) is 3.10. The highest BCUT2D eigenvalue weighted by Gasteiger charge is 2.28. The number of carbonyl (C=O) groups excluding carboxylic acids is 1. The van der Waals surface area contributed by atoms with Gasteiger partial charge in [-0.05, 0) is 47.2 Å². The highest BCUT2D eigenvalue weighted by atomic mass is 19.1. The summed E-state index contributed by atoms with van der Waals surface area (Å²) >= 11 is 0. The van der Waals surface area contributed by atoms with E-state index < -0.39 is 0 Å². The van der Waals surface area contributed by atoms with Gasteiger partial charge in [-0.15, -0.1) is 0 Å². The highest BCUT2D eigenvalue weighted by molar-refractivity contribution is 5.89. The van der Waals surface area contributed by atoms with E-state index in [9.17, 15) is 9.18 Å². The fourth-order valence-corrected chi connectivity index (χ4v) is 3.10. The summed E-state index contributed by atoms with van der Waals surface area (Å²) in [4.78, 5) is 12.4. The van der Waals surface area contributed by atoms with Gasteiger partial charge >= 0.3 is 0 Å². The summed E-state index contributed by atoms with van der Waals surface area (Å²) < 4.78 is 13.5. The van der Waals surface area contributed by atoms with Crippen LogP contribution in [0.3, 0.4) is 0 Å². The SMILES string of the molecule is CCC(=O)C1c2ccccc2CCc2cc(F)ccc21. The van der Waals surface area contributed by atoms with Crippen LogP contribution in [0.15, 0.2) is 42.5 Å². The topological polar surface area (TPSA) is 17.1 Å². The van der Waals surface area contributed by atoms with Gasteiger partial charge in [-0.3, -0.25) is 4.79 Å². The van der Waals surface area contributed by atoms with Crippen LogP contribution in [0, 0.1) is 5.82 Å². The molecule has 0 heterocycles. The first-order valence-electron chi connectivity index (χ1n) is 7.09. The maximum Gasteiger partial charge on any atom is 0.144 e. The molecule has 1 atom stereocenters. The van der Waals surface area contributed by atoms with Gasteiger partial charge in [-0.2, -0.15) is 0 Å². The van der Waals surface area contributed by atoms with Crippen molar-refractivity contribution < 1.29 is 9.18 Å². The molecule has 0 aromatic heterocycles. The molecule has 0 fully saturated rings. The lowest BCUT2D eigenvalue weighted by Gasteiger charge is -2.18.